The first-order chi connectivity index (χ1) is 7.81. The lowest BCUT2D eigenvalue weighted by Crippen LogP contribution is -1.98. The fourth-order valence-electron chi connectivity index (χ4n) is 2.33. The molecule has 2 rings (SSSR count). The number of para-hydroxylation sites is 1. The van der Waals surface area contributed by atoms with Gasteiger partial charge < -0.3 is 4.98 Å². The normalized spacial score (nSPS) is 13.1. The van der Waals surface area contributed by atoms with Gasteiger partial charge in [-0.1, -0.05) is 51.3 Å². The Balaban J connectivity index is 2.09. The highest BCUT2D eigenvalue weighted by Gasteiger charge is 2.07. The molecule has 1 nitrogen and oxygen atoms in total. The summed E-state index contributed by atoms with van der Waals surface area (Å²) in [5.41, 5.74) is 2.74. The van der Waals surface area contributed by atoms with Crippen molar-refractivity contribution >= 4 is 10.9 Å². The Morgan fingerprint density at radius 2 is 2.06 bits per heavy atom. The molecule has 0 aliphatic rings. The number of hydrogen-bond acceptors (Lipinski definition) is 0. The van der Waals surface area contributed by atoms with Gasteiger partial charge in [-0.3, -0.25) is 0 Å². The summed E-state index contributed by atoms with van der Waals surface area (Å²) in [7, 11) is 0. The Morgan fingerprint density at radius 1 is 1.25 bits per heavy atom. The topological polar surface area (TPSA) is 15.8 Å². The molecule has 0 aliphatic heterocycles. The second-order valence-electron chi connectivity index (χ2n) is 4.81. The van der Waals surface area contributed by atoms with E-state index in [-0.39, 0.29) is 0 Å². The molecule has 16 heavy (non-hydrogen) atoms. The summed E-state index contributed by atoms with van der Waals surface area (Å²) in [6.07, 6.45) is 7.37. The predicted molar refractivity (Wildman–Crippen MR) is 70.7 cm³/mol. The summed E-state index contributed by atoms with van der Waals surface area (Å²) in [4.78, 5) is 3.35. The lowest BCUT2D eigenvalue weighted by molar-refractivity contribution is 0.505. The van der Waals surface area contributed by atoms with Crippen LogP contribution in [0, 0.1) is 5.92 Å². The number of aromatic nitrogens is 1. The molecule has 1 aromatic carbocycles. The lowest BCUT2D eigenvalue weighted by Gasteiger charge is -2.09. The van der Waals surface area contributed by atoms with Crippen LogP contribution in [-0.4, -0.2) is 4.98 Å². The van der Waals surface area contributed by atoms with Crippen molar-refractivity contribution < 1.29 is 0 Å². The van der Waals surface area contributed by atoms with E-state index in [0.717, 1.165) is 5.92 Å². The maximum Gasteiger partial charge on any atom is 0.0456 e. The van der Waals surface area contributed by atoms with Crippen molar-refractivity contribution in [2.45, 2.75) is 39.5 Å². The third kappa shape index (κ3) is 2.46. The number of hydrogen-bond donors (Lipinski definition) is 1. The van der Waals surface area contributed by atoms with Crippen LogP contribution in [0.2, 0.25) is 0 Å². The summed E-state index contributed by atoms with van der Waals surface area (Å²) < 4.78 is 0. The van der Waals surface area contributed by atoms with Crippen LogP contribution in [0.1, 0.15) is 38.7 Å². The van der Waals surface area contributed by atoms with Crippen LogP contribution in [0.5, 0.6) is 0 Å². The van der Waals surface area contributed by atoms with Gasteiger partial charge >= 0.3 is 0 Å². The number of benzene rings is 1. The van der Waals surface area contributed by atoms with Gasteiger partial charge in [0, 0.05) is 17.1 Å². The average Bonchev–Trinajstić information content (AvgIpc) is 2.70. The molecule has 0 saturated carbocycles. The first-order valence-corrected chi connectivity index (χ1v) is 6.36. The highest BCUT2D eigenvalue weighted by Crippen LogP contribution is 2.22. The third-order valence-electron chi connectivity index (χ3n) is 3.29. The molecular formula is C15H21N. The minimum absolute atomic E-state index is 0.791. The van der Waals surface area contributed by atoms with Crippen molar-refractivity contribution in [3.05, 3.63) is 36.0 Å². The Bertz CT molecular complexity index is 441. The Morgan fingerprint density at radius 3 is 2.88 bits per heavy atom. The van der Waals surface area contributed by atoms with E-state index in [2.05, 4.69) is 49.3 Å². The number of H-pyrrole nitrogens is 1. The van der Waals surface area contributed by atoms with Gasteiger partial charge in [-0.2, -0.15) is 0 Å². The highest BCUT2D eigenvalue weighted by molar-refractivity contribution is 5.83. The molecule has 0 fully saturated rings. The molecule has 0 spiro atoms. The van der Waals surface area contributed by atoms with Gasteiger partial charge in [0.2, 0.25) is 0 Å². The molecule has 2 aromatic rings. The summed E-state index contributed by atoms with van der Waals surface area (Å²) in [6.45, 7) is 4.62. The maximum atomic E-state index is 3.35. The molecule has 0 bridgehead atoms. The monoisotopic (exact) mass is 215 g/mol. The summed E-state index contributed by atoms with van der Waals surface area (Å²) in [5.74, 6) is 0.791. The fourth-order valence-corrected chi connectivity index (χ4v) is 2.33. The summed E-state index contributed by atoms with van der Waals surface area (Å²) in [6, 6.07) is 8.57. The van der Waals surface area contributed by atoms with E-state index in [1.165, 1.54) is 42.1 Å². The van der Waals surface area contributed by atoms with E-state index in [1.54, 1.807) is 0 Å². The van der Waals surface area contributed by atoms with Crippen LogP contribution in [-0.2, 0) is 6.42 Å². The maximum absolute atomic E-state index is 3.35. The zero-order valence-electron chi connectivity index (χ0n) is 10.3. The molecular weight excluding hydrogens is 194 g/mol. The van der Waals surface area contributed by atoms with E-state index < -0.39 is 0 Å². The number of rotatable bonds is 5. The molecule has 1 unspecified atom stereocenters. The van der Waals surface area contributed by atoms with Crippen LogP contribution >= 0.6 is 0 Å². The molecule has 1 atom stereocenters. The third-order valence-corrected chi connectivity index (χ3v) is 3.29. The molecule has 1 heteroatoms. The van der Waals surface area contributed by atoms with Crippen molar-refractivity contribution in [1.29, 1.82) is 0 Å². The first-order valence-electron chi connectivity index (χ1n) is 6.36. The quantitative estimate of drug-likeness (QED) is 0.754. The highest BCUT2D eigenvalue weighted by atomic mass is 14.7. The second-order valence-corrected chi connectivity index (χ2v) is 4.81. The largest absolute Gasteiger partial charge is 0.361 e. The molecule has 0 aliphatic carbocycles. The van der Waals surface area contributed by atoms with Crippen molar-refractivity contribution in [3.63, 3.8) is 0 Å². The Hall–Kier alpha value is -1.24. The Kier molecular flexibility index (Phi) is 3.66. The molecule has 1 N–H and O–H groups in total. The van der Waals surface area contributed by atoms with Gasteiger partial charge in [-0.25, -0.2) is 0 Å². The van der Waals surface area contributed by atoms with Gasteiger partial charge in [-0.05, 0) is 24.0 Å². The second kappa shape index (κ2) is 5.20. The van der Waals surface area contributed by atoms with E-state index in [4.69, 9.17) is 0 Å². The number of nitrogens with one attached hydrogen (secondary N) is 1. The van der Waals surface area contributed by atoms with Crippen molar-refractivity contribution in [3.8, 4) is 0 Å². The van der Waals surface area contributed by atoms with E-state index in [0.29, 0.717) is 0 Å². The zero-order valence-corrected chi connectivity index (χ0v) is 10.3. The molecule has 0 amide bonds. The van der Waals surface area contributed by atoms with E-state index in [9.17, 15) is 0 Å². The minimum atomic E-state index is 0.791. The summed E-state index contributed by atoms with van der Waals surface area (Å²) >= 11 is 0. The first kappa shape index (κ1) is 11.3. The number of aromatic amines is 1. The van der Waals surface area contributed by atoms with E-state index in [1.807, 2.05) is 0 Å². The molecule has 1 heterocycles. The van der Waals surface area contributed by atoms with Gasteiger partial charge in [0.1, 0.15) is 0 Å². The standard InChI is InChI=1S/C15H21N/c1-3-4-7-12(2)10-13-11-16-15-9-6-5-8-14(13)15/h5-6,8-9,11-12,16H,3-4,7,10H2,1-2H3. The van der Waals surface area contributed by atoms with Crippen LogP contribution in [0.3, 0.4) is 0 Å². The van der Waals surface area contributed by atoms with Crippen LogP contribution in [0.15, 0.2) is 30.5 Å². The van der Waals surface area contributed by atoms with Gasteiger partial charge in [-0.15, -0.1) is 0 Å². The molecule has 0 radical (unpaired) electrons. The van der Waals surface area contributed by atoms with E-state index >= 15 is 0 Å². The predicted octanol–water partition coefficient (Wildman–Crippen LogP) is 4.54. The molecule has 0 saturated heterocycles. The fraction of sp³-hybridized carbons (Fsp3) is 0.467. The van der Waals surface area contributed by atoms with Gasteiger partial charge in [0.25, 0.3) is 0 Å². The Labute approximate surface area is 97.9 Å². The number of fused-ring (bicyclic) bond motifs is 1. The molecule has 86 valence electrons. The van der Waals surface area contributed by atoms with Crippen LogP contribution in [0.25, 0.3) is 10.9 Å². The SMILES string of the molecule is CCCCC(C)Cc1c[nH]c2ccccc12. The lowest BCUT2D eigenvalue weighted by atomic mass is 9.96. The average molecular weight is 215 g/mol. The molecule has 1 aromatic heterocycles. The van der Waals surface area contributed by atoms with Crippen molar-refractivity contribution in [2.75, 3.05) is 0 Å². The van der Waals surface area contributed by atoms with Crippen LogP contribution in [0.4, 0.5) is 0 Å². The van der Waals surface area contributed by atoms with Crippen LogP contribution < -0.4 is 0 Å². The van der Waals surface area contributed by atoms with Crippen molar-refractivity contribution in [1.82, 2.24) is 4.98 Å². The number of unbranched alkanes of at least 4 members (excludes halogenated alkanes) is 1. The van der Waals surface area contributed by atoms with Gasteiger partial charge in [0.15, 0.2) is 0 Å². The minimum Gasteiger partial charge on any atom is -0.361 e. The van der Waals surface area contributed by atoms with Gasteiger partial charge in [0.05, 0.1) is 0 Å². The smallest absolute Gasteiger partial charge is 0.0456 e. The summed E-state index contributed by atoms with van der Waals surface area (Å²) in [5, 5.41) is 1.39. The zero-order chi connectivity index (χ0) is 11.4. The van der Waals surface area contributed by atoms with Crippen molar-refractivity contribution in [2.24, 2.45) is 5.92 Å².